The monoisotopic (exact) mass is 300 g/mol. The van der Waals surface area contributed by atoms with E-state index in [1.54, 1.807) is 7.11 Å². The van der Waals surface area contributed by atoms with E-state index in [0.717, 1.165) is 11.3 Å². The summed E-state index contributed by atoms with van der Waals surface area (Å²) in [5, 5.41) is 4.89. The highest BCUT2D eigenvalue weighted by atomic mass is 16.5. The van der Waals surface area contributed by atoms with Gasteiger partial charge in [0.15, 0.2) is 6.20 Å². The van der Waals surface area contributed by atoms with E-state index in [-0.39, 0.29) is 0 Å². The minimum atomic E-state index is 0.899. The van der Waals surface area contributed by atoms with Crippen LogP contribution in [0, 0.1) is 0 Å². The SMILES string of the molecule is COc1ccc2ccccc2c1-c1c2ccccc2cc[n+]1C. The first kappa shape index (κ1) is 13.8. The van der Waals surface area contributed by atoms with Crippen molar-refractivity contribution in [2.75, 3.05) is 7.11 Å². The molecule has 23 heavy (non-hydrogen) atoms. The van der Waals surface area contributed by atoms with Crippen LogP contribution in [0.5, 0.6) is 5.75 Å². The summed E-state index contributed by atoms with van der Waals surface area (Å²) >= 11 is 0. The second-order valence-electron chi connectivity index (χ2n) is 5.73. The molecule has 2 nitrogen and oxygen atoms in total. The highest BCUT2D eigenvalue weighted by Crippen LogP contribution is 2.38. The van der Waals surface area contributed by atoms with Crippen molar-refractivity contribution in [1.29, 1.82) is 0 Å². The molecule has 0 N–H and O–H groups in total. The summed E-state index contributed by atoms with van der Waals surface area (Å²) in [5.41, 5.74) is 2.32. The van der Waals surface area contributed by atoms with Gasteiger partial charge in [-0.15, -0.1) is 0 Å². The Kier molecular flexibility index (Phi) is 3.23. The fraction of sp³-hybridized carbons (Fsp3) is 0.0952. The Bertz CT molecular complexity index is 1020. The van der Waals surface area contributed by atoms with E-state index in [4.69, 9.17) is 4.74 Å². The third-order valence-electron chi connectivity index (χ3n) is 4.39. The normalized spacial score (nSPS) is 11.0. The van der Waals surface area contributed by atoms with Crippen LogP contribution in [-0.2, 0) is 7.05 Å². The van der Waals surface area contributed by atoms with Gasteiger partial charge in [-0.25, -0.2) is 4.57 Å². The molecule has 4 rings (SSSR count). The maximum atomic E-state index is 5.70. The molecule has 0 atom stereocenters. The average Bonchev–Trinajstić information content (AvgIpc) is 2.61. The van der Waals surface area contributed by atoms with Crippen molar-refractivity contribution in [3.05, 3.63) is 72.9 Å². The van der Waals surface area contributed by atoms with Crippen LogP contribution < -0.4 is 9.30 Å². The second kappa shape index (κ2) is 5.40. The summed E-state index contributed by atoms with van der Waals surface area (Å²) in [4.78, 5) is 0. The van der Waals surface area contributed by atoms with Crippen molar-refractivity contribution in [2.24, 2.45) is 7.05 Å². The van der Waals surface area contributed by atoms with Crippen LogP contribution in [-0.4, -0.2) is 7.11 Å². The lowest BCUT2D eigenvalue weighted by Gasteiger charge is -2.12. The lowest BCUT2D eigenvalue weighted by Crippen LogP contribution is -2.30. The predicted octanol–water partition coefficient (Wildman–Crippen LogP) is 4.49. The molecule has 0 radical (unpaired) electrons. The van der Waals surface area contributed by atoms with E-state index < -0.39 is 0 Å². The zero-order valence-electron chi connectivity index (χ0n) is 13.3. The summed E-state index contributed by atoms with van der Waals surface area (Å²) in [6, 6.07) is 23.3. The highest BCUT2D eigenvalue weighted by Gasteiger charge is 2.21. The molecule has 2 heteroatoms. The third-order valence-corrected chi connectivity index (χ3v) is 4.39. The Labute approximate surface area is 135 Å². The Balaban J connectivity index is 2.21. The summed E-state index contributed by atoms with van der Waals surface area (Å²) < 4.78 is 7.87. The minimum absolute atomic E-state index is 0.899. The number of ether oxygens (including phenoxy) is 1. The molecule has 0 fully saturated rings. The van der Waals surface area contributed by atoms with Crippen molar-refractivity contribution in [3.8, 4) is 17.0 Å². The van der Waals surface area contributed by atoms with Crippen molar-refractivity contribution in [2.45, 2.75) is 0 Å². The van der Waals surface area contributed by atoms with Crippen LogP contribution in [0.25, 0.3) is 32.8 Å². The molecule has 0 bridgehead atoms. The minimum Gasteiger partial charge on any atom is -0.496 e. The van der Waals surface area contributed by atoms with Crippen LogP contribution >= 0.6 is 0 Å². The molecule has 1 heterocycles. The molecule has 1 aromatic heterocycles. The van der Waals surface area contributed by atoms with Crippen LogP contribution in [0.3, 0.4) is 0 Å². The van der Waals surface area contributed by atoms with Gasteiger partial charge in [0.2, 0.25) is 5.69 Å². The van der Waals surface area contributed by atoms with Crippen molar-refractivity contribution in [3.63, 3.8) is 0 Å². The first-order chi connectivity index (χ1) is 11.3. The van der Waals surface area contributed by atoms with E-state index in [1.807, 2.05) is 0 Å². The molecule has 0 aliphatic heterocycles. The van der Waals surface area contributed by atoms with E-state index in [1.165, 1.54) is 27.2 Å². The number of pyridine rings is 1. The smallest absolute Gasteiger partial charge is 0.224 e. The number of nitrogens with zero attached hydrogens (tertiary/aromatic N) is 1. The van der Waals surface area contributed by atoms with Gasteiger partial charge in [-0.3, -0.25) is 0 Å². The Morgan fingerprint density at radius 3 is 2.13 bits per heavy atom. The lowest BCUT2D eigenvalue weighted by atomic mass is 9.97. The standard InChI is InChI=1S/C21H18NO/c1-22-14-13-16-8-4-6-10-18(16)21(22)20-17-9-5-3-7-15(17)11-12-19(20)23-2/h3-14H,1-2H3/q+1. The van der Waals surface area contributed by atoms with Gasteiger partial charge in [0.05, 0.1) is 18.1 Å². The zero-order valence-corrected chi connectivity index (χ0v) is 13.3. The maximum absolute atomic E-state index is 5.70. The van der Waals surface area contributed by atoms with Crippen LogP contribution in [0.4, 0.5) is 0 Å². The quantitative estimate of drug-likeness (QED) is 0.497. The van der Waals surface area contributed by atoms with Gasteiger partial charge in [0.25, 0.3) is 0 Å². The Morgan fingerprint density at radius 1 is 0.739 bits per heavy atom. The Morgan fingerprint density at radius 2 is 1.39 bits per heavy atom. The molecule has 0 saturated carbocycles. The van der Waals surface area contributed by atoms with E-state index in [2.05, 4.69) is 84.5 Å². The topological polar surface area (TPSA) is 13.1 Å². The maximum Gasteiger partial charge on any atom is 0.224 e. The average molecular weight is 300 g/mol. The molecule has 0 aliphatic carbocycles. The summed E-state index contributed by atoms with van der Waals surface area (Å²) in [7, 11) is 3.82. The number of benzene rings is 3. The molecule has 0 saturated heterocycles. The fourth-order valence-electron chi connectivity index (χ4n) is 3.29. The number of aromatic nitrogens is 1. The molecule has 112 valence electrons. The van der Waals surface area contributed by atoms with Gasteiger partial charge >= 0.3 is 0 Å². The predicted molar refractivity (Wildman–Crippen MR) is 94.6 cm³/mol. The van der Waals surface area contributed by atoms with Gasteiger partial charge in [0.1, 0.15) is 12.8 Å². The van der Waals surface area contributed by atoms with Gasteiger partial charge in [-0.1, -0.05) is 48.5 Å². The number of methoxy groups -OCH3 is 1. The van der Waals surface area contributed by atoms with Gasteiger partial charge in [-0.2, -0.15) is 0 Å². The van der Waals surface area contributed by atoms with Crippen LogP contribution in [0.15, 0.2) is 72.9 Å². The molecular weight excluding hydrogens is 282 g/mol. The number of aryl methyl sites for hydroxylation is 1. The molecule has 0 aliphatic rings. The van der Waals surface area contributed by atoms with E-state index >= 15 is 0 Å². The summed E-state index contributed by atoms with van der Waals surface area (Å²) in [5.74, 6) is 0.899. The zero-order chi connectivity index (χ0) is 15.8. The lowest BCUT2D eigenvalue weighted by molar-refractivity contribution is -0.659. The van der Waals surface area contributed by atoms with Gasteiger partial charge in [-0.05, 0) is 28.3 Å². The molecule has 0 spiro atoms. The summed E-state index contributed by atoms with van der Waals surface area (Å²) in [6.45, 7) is 0. The molecule has 4 aromatic rings. The van der Waals surface area contributed by atoms with E-state index in [9.17, 15) is 0 Å². The van der Waals surface area contributed by atoms with Crippen molar-refractivity contribution < 1.29 is 9.30 Å². The number of hydrogen-bond donors (Lipinski definition) is 0. The van der Waals surface area contributed by atoms with Crippen molar-refractivity contribution in [1.82, 2.24) is 0 Å². The molecule has 0 unspecified atom stereocenters. The van der Waals surface area contributed by atoms with Gasteiger partial charge < -0.3 is 4.74 Å². The van der Waals surface area contributed by atoms with Crippen LogP contribution in [0.1, 0.15) is 0 Å². The molecule has 3 aromatic carbocycles. The van der Waals surface area contributed by atoms with E-state index in [0.29, 0.717) is 0 Å². The number of rotatable bonds is 2. The molecule has 0 amide bonds. The van der Waals surface area contributed by atoms with Crippen molar-refractivity contribution >= 4 is 21.5 Å². The molecular formula is C21H18NO+. The van der Waals surface area contributed by atoms with Crippen LogP contribution in [0.2, 0.25) is 0 Å². The second-order valence-corrected chi connectivity index (χ2v) is 5.73. The fourth-order valence-corrected chi connectivity index (χ4v) is 3.29. The first-order valence-corrected chi connectivity index (χ1v) is 7.73. The van der Waals surface area contributed by atoms with Gasteiger partial charge in [0, 0.05) is 6.07 Å². The number of fused-ring (bicyclic) bond motifs is 2. The first-order valence-electron chi connectivity index (χ1n) is 7.73. The highest BCUT2D eigenvalue weighted by molar-refractivity contribution is 6.05. The number of hydrogen-bond acceptors (Lipinski definition) is 1. The largest absolute Gasteiger partial charge is 0.496 e. The summed E-state index contributed by atoms with van der Waals surface area (Å²) in [6.07, 6.45) is 2.11. The Hall–Kier alpha value is -2.87. The third kappa shape index (κ3) is 2.15.